The van der Waals surface area contributed by atoms with Crippen molar-refractivity contribution in [3.05, 3.63) is 60.3 Å². The highest BCUT2D eigenvalue weighted by molar-refractivity contribution is 5.97. The molecular weight excluding hydrogens is 440 g/mol. The molecule has 2 aliphatic rings. The van der Waals surface area contributed by atoms with Gasteiger partial charge < -0.3 is 15.3 Å². The fraction of sp³-hybridized carbons (Fsp3) is 0.444. The Morgan fingerprint density at radius 2 is 1.80 bits per heavy atom. The number of nitrogens with zero attached hydrogens (tertiary/aromatic N) is 5. The molecule has 3 aromatic rings. The van der Waals surface area contributed by atoms with Gasteiger partial charge in [-0.2, -0.15) is 0 Å². The molecule has 1 aliphatic heterocycles. The summed E-state index contributed by atoms with van der Waals surface area (Å²) in [6, 6.07) is 16.6. The number of aromatic nitrogens is 2. The van der Waals surface area contributed by atoms with E-state index in [0.29, 0.717) is 19.0 Å². The van der Waals surface area contributed by atoms with Crippen LogP contribution in [0.15, 0.2) is 54.7 Å². The number of aliphatic hydroxyl groups excluding tert-OH is 1. The first-order valence-corrected chi connectivity index (χ1v) is 12.3. The molecule has 0 radical (unpaired) electrons. The molecule has 8 heteroatoms. The van der Waals surface area contributed by atoms with E-state index in [2.05, 4.69) is 64.6 Å². The van der Waals surface area contributed by atoms with Gasteiger partial charge in [-0.05, 0) is 63.5 Å². The number of carbonyl (C=O) groups is 1. The van der Waals surface area contributed by atoms with E-state index < -0.39 is 0 Å². The number of carbonyl (C=O) groups excluding carboxylic acids is 1. The van der Waals surface area contributed by atoms with Crippen LogP contribution in [0.25, 0.3) is 10.9 Å². The van der Waals surface area contributed by atoms with Crippen LogP contribution < -0.4 is 15.1 Å². The third kappa shape index (κ3) is 4.21. The van der Waals surface area contributed by atoms with Crippen LogP contribution in [0.5, 0.6) is 0 Å². The Morgan fingerprint density at radius 3 is 2.49 bits per heavy atom. The van der Waals surface area contributed by atoms with Gasteiger partial charge in [-0.3, -0.25) is 9.80 Å². The number of hydrogen-bond acceptors (Lipinski definition) is 6. The van der Waals surface area contributed by atoms with Crippen LogP contribution >= 0.6 is 0 Å². The molecule has 184 valence electrons. The molecule has 2 N–H and O–H groups in total. The van der Waals surface area contributed by atoms with E-state index in [1.54, 1.807) is 6.20 Å². The molecule has 0 atom stereocenters. The van der Waals surface area contributed by atoms with Gasteiger partial charge in [0.05, 0.1) is 24.2 Å². The van der Waals surface area contributed by atoms with Gasteiger partial charge in [-0.15, -0.1) is 0 Å². The minimum absolute atomic E-state index is 0.00810. The molecular formula is C27H34N6O2. The van der Waals surface area contributed by atoms with Crippen LogP contribution in [0.2, 0.25) is 0 Å². The van der Waals surface area contributed by atoms with Crippen LogP contribution in [-0.4, -0.2) is 72.4 Å². The zero-order chi connectivity index (χ0) is 24.6. The third-order valence-electron chi connectivity index (χ3n) is 7.92. The predicted octanol–water partition coefficient (Wildman–Crippen LogP) is 3.36. The molecule has 2 fully saturated rings. The summed E-state index contributed by atoms with van der Waals surface area (Å²) in [5, 5.41) is 13.4. The van der Waals surface area contributed by atoms with Crippen molar-refractivity contribution in [1.29, 1.82) is 0 Å². The van der Waals surface area contributed by atoms with E-state index in [4.69, 9.17) is 5.11 Å². The zero-order valence-electron chi connectivity index (χ0n) is 20.7. The van der Waals surface area contributed by atoms with Crippen molar-refractivity contribution < 1.29 is 9.90 Å². The summed E-state index contributed by atoms with van der Waals surface area (Å²) < 4.78 is 0. The molecule has 2 heterocycles. The third-order valence-corrected chi connectivity index (χ3v) is 7.92. The smallest absolute Gasteiger partial charge is 0.322 e. The average molecular weight is 475 g/mol. The number of hydrogen-bond donors (Lipinski definition) is 2. The molecule has 2 amide bonds. The fourth-order valence-electron chi connectivity index (χ4n) is 5.70. The highest BCUT2D eigenvalue weighted by Crippen LogP contribution is 2.46. The standard InChI is InChI=1S/C27H34N6O2/c1-31(2)27(21-7-5-4-6-8-21)13-11-26(12-14-27)19-33(25(35)30-26)22-9-10-23-20(17-22)18-28-24(29-23)32(3)15-16-34/h4-10,17-18,34H,11-16,19H2,1-3H3,(H,30,35)/t26-,27+. The van der Waals surface area contributed by atoms with Crippen molar-refractivity contribution in [3.63, 3.8) is 0 Å². The topological polar surface area (TPSA) is 84.8 Å². The lowest BCUT2D eigenvalue weighted by Crippen LogP contribution is -2.54. The quantitative estimate of drug-likeness (QED) is 0.570. The molecule has 1 aliphatic carbocycles. The van der Waals surface area contributed by atoms with Gasteiger partial charge in [-0.25, -0.2) is 14.8 Å². The molecule has 35 heavy (non-hydrogen) atoms. The molecule has 0 unspecified atom stereocenters. The monoisotopic (exact) mass is 474 g/mol. The normalized spacial score (nSPS) is 24.4. The van der Waals surface area contributed by atoms with Crippen LogP contribution in [0.4, 0.5) is 16.4 Å². The number of amides is 2. The van der Waals surface area contributed by atoms with Gasteiger partial charge in [0.25, 0.3) is 0 Å². The molecule has 1 aromatic heterocycles. The first-order chi connectivity index (χ1) is 16.9. The Labute approximate surface area is 206 Å². The van der Waals surface area contributed by atoms with E-state index in [1.165, 1.54) is 5.56 Å². The van der Waals surface area contributed by atoms with Crippen LogP contribution in [0.3, 0.4) is 0 Å². The summed E-state index contributed by atoms with van der Waals surface area (Å²) in [6.45, 7) is 1.18. The number of fused-ring (bicyclic) bond motifs is 1. The summed E-state index contributed by atoms with van der Waals surface area (Å²) in [5.74, 6) is 0.571. The maximum Gasteiger partial charge on any atom is 0.322 e. The lowest BCUT2D eigenvalue weighted by Gasteiger charge is -2.48. The molecule has 5 rings (SSSR count). The Balaban J connectivity index is 1.35. The Kier molecular flexibility index (Phi) is 6.11. The van der Waals surface area contributed by atoms with Crippen molar-refractivity contribution in [3.8, 4) is 0 Å². The van der Waals surface area contributed by atoms with Gasteiger partial charge in [0.2, 0.25) is 5.95 Å². The maximum absolute atomic E-state index is 13.1. The number of rotatable bonds is 6. The van der Waals surface area contributed by atoms with E-state index >= 15 is 0 Å². The largest absolute Gasteiger partial charge is 0.395 e. The van der Waals surface area contributed by atoms with E-state index in [1.807, 2.05) is 35.0 Å². The van der Waals surface area contributed by atoms with Crippen LogP contribution in [0, 0.1) is 0 Å². The number of likely N-dealkylation sites (N-methyl/N-ethyl adjacent to an activating group) is 1. The molecule has 1 saturated heterocycles. The van der Waals surface area contributed by atoms with Gasteiger partial charge in [0.15, 0.2) is 0 Å². The number of anilines is 2. The zero-order valence-corrected chi connectivity index (χ0v) is 20.7. The summed E-state index contributed by atoms with van der Waals surface area (Å²) in [5.41, 5.74) is 2.80. The molecule has 2 aromatic carbocycles. The van der Waals surface area contributed by atoms with Gasteiger partial charge in [0.1, 0.15) is 0 Å². The van der Waals surface area contributed by atoms with Crippen LogP contribution in [-0.2, 0) is 5.54 Å². The van der Waals surface area contributed by atoms with Crippen molar-refractivity contribution >= 4 is 28.6 Å². The van der Waals surface area contributed by atoms with Crippen molar-refractivity contribution in [1.82, 2.24) is 20.2 Å². The molecule has 1 spiro atoms. The number of benzene rings is 2. The van der Waals surface area contributed by atoms with E-state index in [0.717, 1.165) is 42.3 Å². The predicted molar refractivity (Wildman–Crippen MR) is 139 cm³/mol. The van der Waals surface area contributed by atoms with Crippen molar-refractivity contribution in [2.24, 2.45) is 0 Å². The first kappa shape index (κ1) is 23.5. The summed E-state index contributed by atoms with van der Waals surface area (Å²) in [6.07, 6.45) is 5.63. The number of nitrogens with one attached hydrogen (secondary N) is 1. The van der Waals surface area contributed by atoms with Gasteiger partial charge >= 0.3 is 6.03 Å². The maximum atomic E-state index is 13.1. The molecule has 8 nitrogen and oxygen atoms in total. The minimum atomic E-state index is -0.215. The fourth-order valence-corrected chi connectivity index (χ4v) is 5.70. The first-order valence-electron chi connectivity index (χ1n) is 12.3. The Hall–Kier alpha value is -3.23. The average Bonchev–Trinajstić information content (AvgIpc) is 3.20. The Morgan fingerprint density at radius 1 is 1.06 bits per heavy atom. The Bertz CT molecular complexity index is 1210. The van der Waals surface area contributed by atoms with Crippen molar-refractivity contribution in [2.75, 3.05) is 50.6 Å². The van der Waals surface area contributed by atoms with E-state index in [-0.39, 0.29) is 23.7 Å². The minimum Gasteiger partial charge on any atom is -0.395 e. The van der Waals surface area contributed by atoms with E-state index in [9.17, 15) is 4.79 Å². The van der Waals surface area contributed by atoms with Crippen LogP contribution in [0.1, 0.15) is 31.2 Å². The molecule has 1 saturated carbocycles. The second kappa shape index (κ2) is 9.09. The SMILES string of the molecule is CN(CCO)c1ncc2cc(N3C[C@]4(CC[C@](c5ccccc5)(N(C)C)CC4)NC3=O)ccc2n1. The van der Waals surface area contributed by atoms with Gasteiger partial charge in [0, 0.05) is 36.4 Å². The number of urea groups is 1. The second-order valence-electron chi connectivity index (χ2n) is 10.1. The highest BCUT2D eigenvalue weighted by Gasteiger charge is 2.50. The second-order valence-corrected chi connectivity index (χ2v) is 10.1. The van der Waals surface area contributed by atoms with Crippen molar-refractivity contribution in [2.45, 2.75) is 36.8 Å². The summed E-state index contributed by atoms with van der Waals surface area (Å²) in [7, 11) is 6.18. The lowest BCUT2D eigenvalue weighted by atomic mass is 9.69. The lowest BCUT2D eigenvalue weighted by molar-refractivity contribution is 0.0658. The highest BCUT2D eigenvalue weighted by atomic mass is 16.3. The van der Waals surface area contributed by atoms with Gasteiger partial charge in [-0.1, -0.05) is 30.3 Å². The summed E-state index contributed by atoms with van der Waals surface area (Å²) in [4.78, 5) is 28.2. The number of aliphatic hydroxyl groups is 1. The molecule has 0 bridgehead atoms. The summed E-state index contributed by atoms with van der Waals surface area (Å²) >= 11 is 0.